The van der Waals surface area contributed by atoms with Gasteiger partial charge < -0.3 is 15.2 Å². The van der Waals surface area contributed by atoms with Crippen molar-refractivity contribution in [3.05, 3.63) is 44.6 Å². The van der Waals surface area contributed by atoms with Crippen molar-refractivity contribution in [2.24, 2.45) is 0 Å². The number of hydrogen-bond donors (Lipinski definition) is 2. The van der Waals surface area contributed by atoms with Crippen molar-refractivity contribution in [3.63, 3.8) is 0 Å². The van der Waals surface area contributed by atoms with Crippen LogP contribution in [0.15, 0.2) is 24.3 Å². The molecular formula is C14H12ClNO4S. The summed E-state index contributed by atoms with van der Waals surface area (Å²) in [6.45, 7) is 1.81. The molecule has 0 saturated carbocycles. The molecule has 0 aliphatic rings. The number of ether oxygens (including phenoxy) is 1. The molecule has 2 aromatic rings. The number of carboxylic acids is 1. The summed E-state index contributed by atoms with van der Waals surface area (Å²) in [5.41, 5.74) is 1.28. The Morgan fingerprint density at radius 2 is 1.95 bits per heavy atom. The topological polar surface area (TPSA) is 75.6 Å². The lowest BCUT2D eigenvalue weighted by molar-refractivity contribution is 0.0702. The quantitative estimate of drug-likeness (QED) is 0.899. The number of halogens is 1. The Morgan fingerprint density at radius 1 is 1.29 bits per heavy atom. The highest BCUT2D eigenvalue weighted by Crippen LogP contribution is 2.31. The van der Waals surface area contributed by atoms with Crippen molar-refractivity contribution in [2.75, 3.05) is 12.4 Å². The number of anilines is 1. The van der Waals surface area contributed by atoms with E-state index in [-0.39, 0.29) is 4.88 Å². The summed E-state index contributed by atoms with van der Waals surface area (Å²) in [5, 5.41) is 12.1. The van der Waals surface area contributed by atoms with Crippen LogP contribution in [0.25, 0.3) is 0 Å². The predicted molar refractivity (Wildman–Crippen MR) is 82.0 cm³/mol. The number of carbonyl (C=O) groups is 2. The summed E-state index contributed by atoms with van der Waals surface area (Å²) in [5.74, 6) is -1.01. The molecule has 21 heavy (non-hydrogen) atoms. The normalized spacial score (nSPS) is 10.2. The number of carbonyl (C=O) groups excluding carboxylic acids is 1. The average molecular weight is 326 g/mol. The van der Waals surface area contributed by atoms with Crippen molar-refractivity contribution < 1.29 is 19.4 Å². The van der Waals surface area contributed by atoms with E-state index in [2.05, 4.69) is 5.32 Å². The molecule has 0 bridgehead atoms. The van der Waals surface area contributed by atoms with Crippen LogP contribution in [0.2, 0.25) is 5.02 Å². The van der Waals surface area contributed by atoms with Gasteiger partial charge in [-0.15, -0.1) is 11.3 Å². The third kappa shape index (κ3) is 3.34. The van der Waals surface area contributed by atoms with Crippen LogP contribution >= 0.6 is 22.9 Å². The molecule has 7 heteroatoms. The lowest BCUT2D eigenvalue weighted by Crippen LogP contribution is -2.11. The lowest BCUT2D eigenvalue weighted by atomic mass is 10.2. The molecular weight excluding hydrogens is 314 g/mol. The number of rotatable bonds is 4. The van der Waals surface area contributed by atoms with Crippen LogP contribution in [-0.4, -0.2) is 24.1 Å². The molecule has 1 aromatic carbocycles. The van der Waals surface area contributed by atoms with E-state index in [9.17, 15) is 9.59 Å². The maximum Gasteiger partial charge on any atom is 0.345 e. The summed E-state index contributed by atoms with van der Waals surface area (Å²) in [6.07, 6.45) is 0. The molecule has 1 aromatic heterocycles. The van der Waals surface area contributed by atoms with Crippen LogP contribution in [-0.2, 0) is 0 Å². The number of nitrogens with one attached hydrogen (secondary N) is 1. The van der Waals surface area contributed by atoms with Crippen LogP contribution in [0.4, 0.5) is 5.69 Å². The highest BCUT2D eigenvalue weighted by Gasteiger charge is 2.15. The van der Waals surface area contributed by atoms with Crippen LogP contribution < -0.4 is 10.1 Å². The molecule has 5 nitrogen and oxygen atoms in total. The van der Waals surface area contributed by atoms with Gasteiger partial charge in [-0.3, -0.25) is 4.79 Å². The zero-order valence-electron chi connectivity index (χ0n) is 11.3. The summed E-state index contributed by atoms with van der Waals surface area (Å²) in [7, 11) is 1.48. The number of amides is 1. The van der Waals surface area contributed by atoms with Gasteiger partial charge in [0.25, 0.3) is 5.91 Å². The fourth-order valence-corrected chi connectivity index (χ4v) is 2.58. The van der Waals surface area contributed by atoms with Crippen molar-refractivity contribution in [1.82, 2.24) is 0 Å². The molecule has 1 amide bonds. The third-order valence-electron chi connectivity index (χ3n) is 2.77. The van der Waals surface area contributed by atoms with Crippen molar-refractivity contribution in [1.29, 1.82) is 0 Å². The third-order valence-corrected chi connectivity index (χ3v) is 4.25. The Hall–Kier alpha value is -2.05. The monoisotopic (exact) mass is 325 g/mol. The summed E-state index contributed by atoms with van der Waals surface area (Å²) >= 11 is 6.91. The minimum atomic E-state index is -1.06. The van der Waals surface area contributed by atoms with Crippen LogP contribution in [0, 0.1) is 6.92 Å². The van der Waals surface area contributed by atoms with Gasteiger partial charge in [-0.2, -0.15) is 0 Å². The minimum Gasteiger partial charge on any atom is -0.495 e. The Labute approximate surface area is 130 Å². The molecule has 0 aliphatic heterocycles. The van der Waals surface area contributed by atoms with E-state index in [1.165, 1.54) is 19.2 Å². The van der Waals surface area contributed by atoms with E-state index in [0.29, 0.717) is 21.3 Å². The highest BCUT2D eigenvalue weighted by atomic mass is 35.5. The minimum absolute atomic E-state index is 0.111. The van der Waals surface area contributed by atoms with Gasteiger partial charge in [-0.1, -0.05) is 11.6 Å². The maximum absolute atomic E-state index is 12.1. The van der Waals surface area contributed by atoms with E-state index < -0.39 is 11.9 Å². The zero-order valence-corrected chi connectivity index (χ0v) is 12.8. The molecule has 2 N–H and O–H groups in total. The molecule has 0 saturated heterocycles. The first kappa shape index (κ1) is 15.3. The molecule has 110 valence electrons. The fraction of sp³-hybridized carbons (Fsp3) is 0.143. The van der Waals surface area contributed by atoms with E-state index in [1.807, 2.05) is 6.92 Å². The number of methoxy groups -OCH3 is 1. The molecule has 0 spiro atoms. The van der Waals surface area contributed by atoms with Gasteiger partial charge in [0.2, 0.25) is 0 Å². The number of thiophene rings is 1. The molecule has 1 heterocycles. The molecule has 0 aliphatic carbocycles. The first-order valence-corrected chi connectivity index (χ1v) is 7.10. The molecule has 0 fully saturated rings. The van der Waals surface area contributed by atoms with E-state index in [1.54, 1.807) is 12.1 Å². The lowest BCUT2D eigenvalue weighted by Gasteiger charge is -2.11. The number of aryl methyl sites for hydroxylation is 1. The average Bonchev–Trinajstić information content (AvgIpc) is 2.92. The molecule has 0 unspecified atom stereocenters. The zero-order chi connectivity index (χ0) is 15.6. The van der Waals surface area contributed by atoms with Gasteiger partial charge in [-0.05, 0) is 30.7 Å². The first-order chi connectivity index (χ1) is 9.92. The van der Waals surface area contributed by atoms with Crippen molar-refractivity contribution >= 4 is 40.5 Å². The summed E-state index contributed by atoms with van der Waals surface area (Å²) in [6, 6.07) is 6.18. The summed E-state index contributed by atoms with van der Waals surface area (Å²) < 4.78 is 5.17. The van der Waals surface area contributed by atoms with Crippen LogP contribution in [0.3, 0.4) is 0 Å². The molecule has 0 atom stereocenters. The fourth-order valence-electron chi connectivity index (χ4n) is 1.69. The number of benzene rings is 1. The van der Waals surface area contributed by atoms with Gasteiger partial charge in [0.1, 0.15) is 10.6 Å². The Morgan fingerprint density at radius 3 is 2.52 bits per heavy atom. The van der Waals surface area contributed by atoms with Crippen molar-refractivity contribution in [3.8, 4) is 5.75 Å². The Kier molecular flexibility index (Phi) is 4.50. The predicted octanol–water partition coefficient (Wildman–Crippen LogP) is 3.67. The van der Waals surface area contributed by atoms with Gasteiger partial charge in [0.15, 0.2) is 0 Å². The largest absolute Gasteiger partial charge is 0.495 e. The maximum atomic E-state index is 12.1. The van der Waals surface area contributed by atoms with Crippen LogP contribution in [0.5, 0.6) is 5.75 Å². The second-order valence-corrected chi connectivity index (χ2v) is 5.72. The van der Waals surface area contributed by atoms with E-state index in [0.717, 1.165) is 16.9 Å². The SMILES string of the molecule is COc1cc(Cl)c(C)cc1NC(=O)c1ccc(C(=O)O)s1. The smallest absolute Gasteiger partial charge is 0.345 e. The van der Waals surface area contributed by atoms with Crippen molar-refractivity contribution in [2.45, 2.75) is 6.92 Å². The van der Waals surface area contributed by atoms with Gasteiger partial charge in [0, 0.05) is 11.1 Å². The second-order valence-electron chi connectivity index (χ2n) is 4.22. The number of hydrogen-bond acceptors (Lipinski definition) is 4. The Balaban J connectivity index is 2.26. The Bertz CT molecular complexity index is 711. The standard InChI is InChI=1S/C14H12ClNO4S/c1-7-5-9(10(20-2)6-8(7)15)16-13(17)11-3-4-12(21-11)14(18)19/h3-6H,1-2H3,(H,16,17)(H,18,19). The van der Waals surface area contributed by atoms with Crippen LogP contribution in [0.1, 0.15) is 24.9 Å². The van der Waals surface area contributed by atoms with Gasteiger partial charge in [-0.25, -0.2) is 4.79 Å². The van der Waals surface area contributed by atoms with Gasteiger partial charge >= 0.3 is 5.97 Å². The van der Waals surface area contributed by atoms with E-state index >= 15 is 0 Å². The van der Waals surface area contributed by atoms with Gasteiger partial charge in [0.05, 0.1) is 17.7 Å². The molecule has 2 rings (SSSR count). The number of carboxylic acid groups (broad SMARTS) is 1. The second kappa shape index (κ2) is 6.15. The van der Waals surface area contributed by atoms with E-state index in [4.69, 9.17) is 21.4 Å². The highest BCUT2D eigenvalue weighted by molar-refractivity contribution is 7.15. The number of aromatic carboxylic acids is 1. The first-order valence-electron chi connectivity index (χ1n) is 5.91. The molecule has 0 radical (unpaired) electrons. The summed E-state index contributed by atoms with van der Waals surface area (Å²) in [4.78, 5) is 23.4.